The lowest BCUT2D eigenvalue weighted by atomic mass is 10.1. The molecule has 6 nitrogen and oxygen atoms in total. The topological polar surface area (TPSA) is 73.2 Å². The van der Waals surface area contributed by atoms with Crippen LogP contribution in [0.5, 0.6) is 5.75 Å². The fourth-order valence-electron chi connectivity index (χ4n) is 2.83. The highest BCUT2D eigenvalue weighted by Crippen LogP contribution is 2.25. The minimum Gasteiger partial charge on any atom is -0.496 e. The van der Waals surface area contributed by atoms with Crippen LogP contribution in [0.4, 0.5) is 0 Å². The monoisotopic (exact) mass is 359 g/mol. The Morgan fingerprint density at radius 2 is 2.24 bits per heavy atom. The third kappa shape index (κ3) is 3.87. The maximum Gasteiger partial charge on any atom is 0.257 e. The van der Waals surface area contributed by atoms with Crippen LogP contribution >= 0.6 is 11.8 Å². The highest BCUT2D eigenvalue weighted by Gasteiger charge is 2.26. The van der Waals surface area contributed by atoms with Crippen molar-refractivity contribution >= 4 is 17.7 Å². The minimum absolute atomic E-state index is 0.0264. The van der Waals surface area contributed by atoms with Crippen molar-refractivity contribution in [3.63, 3.8) is 0 Å². The van der Waals surface area contributed by atoms with Gasteiger partial charge in [-0.15, -0.1) is 0 Å². The molecule has 2 heterocycles. The Bertz CT molecular complexity index is 835. The number of aromatic nitrogens is 2. The van der Waals surface area contributed by atoms with E-state index in [4.69, 9.17) is 4.74 Å². The maximum atomic E-state index is 12.5. The molecule has 3 rings (SSSR count). The van der Waals surface area contributed by atoms with Crippen molar-refractivity contribution in [2.45, 2.75) is 25.0 Å². The number of carbonyl (C=O) groups excluding carboxylic acids is 1. The number of hydrogen-bond donors (Lipinski definition) is 1. The van der Waals surface area contributed by atoms with Crippen molar-refractivity contribution < 1.29 is 9.53 Å². The quantitative estimate of drug-likeness (QED) is 0.822. The normalized spacial score (nSPS) is 16.2. The Hall–Kier alpha value is -2.28. The number of rotatable bonds is 5. The van der Waals surface area contributed by atoms with Gasteiger partial charge >= 0.3 is 0 Å². The summed E-state index contributed by atoms with van der Waals surface area (Å²) in [4.78, 5) is 28.9. The van der Waals surface area contributed by atoms with Gasteiger partial charge in [-0.3, -0.25) is 14.2 Å². The third-order valence-corrected chi connectivity index (χ3v) is 5.41. The molecule has 0 saturated heterocycles. The summed E-state index contributed by atoms with van der Waals surface area (Å²) in [6.07, 6.45) is 2.29. The number of ether oxygens (including phenoxy) is 1. The lowest BCUT2D eigenvalue weighted by Crippen LogP contribution is -2.40. The van der Waals surface area contributed by atoms with E-state index in [9.17, 15) is 9.59 Å². The van der Waals surface area contributed by atoms with Gasteiger partial charge in [0.25, 0.3) is 5.56 Å². The third-order valence-electron chi connectivity index (χ3n) is 4.26. The number of thioether (sulfide) groups is 1. The molecule has 0 saturated carbocycles. The number of fused-ring (bicyclic) bond motifs is 1. The number of carbonyl (C=O) groups is 1. The second kappa shape index (κ2) is 7.74. The Morgan fingerprint density at radius 1 is 1.44 bits per heavy atom. The van der Waals surface area contributed by atoms with E-state index >= 15 is 0 Å². The molecule has 0 radical (unpaired) electrons. The van der Waals surface area contributed by atoms with Crippen LogP contribution in [0, 0.1) is 12.8 Å². The van der Waals surface area contributed by atoms with Gasteiger partial charge < -0.3 is 10.1 Å². The predicted octanol–water partition coefficient (Wildman–Crippen LogP) is 1.64. The van der Waals surface area contributed by atoms with Crippen LogP contribution < -0.4 is 15.6 Å². The van der Waals surface area contributed by atoms with Gasteiger partial charge in [0, 0.05) is 30.6 Å². The van der Waals surface area contributed by atoms with Gasteiger partial charge in [0.15, 0.2) is 5.16 Å². The highest BCUT2D eigenvalue weighted by molar-refractivity contribution is 7.99. The number of hydrogen-bond acceptors (Lipinski definition) is 5. The van der Waals surface area contributed by atoms with Crippen LogP contribution in [-0.4, -0.2) is 34.9 Å². The number of aryl methyl sites for hydroxylation is 1. The minimum atomic E-state index is -0.225. The number of amides is 1. The van der Waals surface area contributed by atoms with E-state index in [-0.39, 0.29) is 17.4 Å². The molecule has 1 N–H and O–H groups in total. The smallest absolute Gasteiger partial charge is 0.257 e. The largest absolute Gasteiger partial charge is 0.496 e. The molecule has 132 valence electrons. The van der Waals surface area contributed by atoms with E-state index in [1.165, 1.54) is 11.8 Å². The summed E-state index contributed by atoms with van der Waals surface area (Å²) in [5, 5.41) is 3.66. The van der Waals surface area contributed by atoms with Crippen LogP contribution in [0.1, 0.15) is 11.1 Å². The van der Waals surface area contributed by atoms with Crippen molar-refractivity contribution in [3.05, 3.63) is 51.9 Å². The molecule has 1 aromatic carbocycles. The second-order valence-electron chi connectivity index (χ2n) is 6.00. The highest BCUT2D eigenvalue weighted by atomic mass is 32.2. The molecule has 1 aliphatic heterocycles. The summed E-state index contributed by atoms with van der Waals surface area (Å²) in [6, 6.07) is 7.78. The number of benzene rings is 1. The van der Waals surface area contributed by atoms with Gasteiger partial charge in [0.2, 0.25) is 5.91 Å². The van der Waals surface area contributed by atoms with Gasteiger partial charge in [-0.05, 0) is 25.0 Å². The molecular weight excluding hydrogens is 338 g/mol. The fourth-order valence-corrected chi connectivity index (χ4v) is 3.88. The van der Waals surface area contributed by atoms with E-state index in [0.29, 0.717) is 36.0 Å². The Kier molecular flexibility index (Phi) is 5.43. The van der Waals surface area contributed by atoms with Crippen LogP contribution in [0.3, 0.4) is 0 Å². The average molecular weight is 359 g/mol. The first kappa shape index (κ1) is 17.5. The molecule has 1 unspecified atom stereocenters. The molecule has 1 aliphatic rings. The van der Waals surface area contributed by atoms with E-state index < -0.39 is 0 Å². The van der Waals surface area contributed by atoms with Gasteiger partial charge in [-0.25, -0.2) is 4.98 Å². The van der Waals surface area contributed by atoms with Crippen LogP contribution in [0.2, 0.25) is 0 Å². The van der Waals surface area contributed by atoms with Gasteiger partial charge in [0.1, 0.15) is 5.75 Å². The van der Waals surface area contributed by atoms with Crippen molar-refractivity contribution in [2.24, 2.45) is 5.92 Å². The van der Waals surface area contributed by atoms with E-state index in [1.807, 2.05) is 24.3 Å². The van der Waals surface area contributed by atoms with Crippen LogP contribution in [0.25, 0.3) is 0 Å². The van der Waals surface area contributed by atoms with Crippen molar-refractivity contribution in [1.29, 1.82) is 0 Å². The van der Waals surface area contributed by atoms with E-state index in [0.717, 1.165) is 11.3 Å². The number of para-hydroxylation sites is 1. The predicted molar refractivity (Wildman–Crippen MR) is 97.2 cm³/mol. The van der Waals surface area contributed by atoms with Crippen molar-refractivity contribution in [3.8, 4) is 5.75 Å². The fraction of sp³-hybridized carbons (Fsp3) is 0.389. The Morgan fingerprint density at radius 3 is 3.04 bits per heavy atom. The molecule has 7 heteroatoms. The second-order valence-corrected chi connectivity index (χ2v) is 6.99. The molecule has 0 bridgehead atoms. The van der Waals surface area contributed by atoms with Crippen LogP contribution in [0.15, 0.2) is 40.4 Å². The molecule has 1 amide bonds. The number of nitrogens with zero attached hydrogens (tertiary/aromatic N) is 2. The lowest BCUT2D eigenvalue weighted by molar-refractivity contribution is -0.124. The molecular formula is C18H21N3O3S. The number of methoxy groups -OCH3 is 1. The van der Waals surface area contributed by atoms with Gasteiger partial charge in [-0.2, -0.15) is 0 Å². The summed E-state index contributed by atoms with van der Waals surface area (Å²) in [6.45, 7) is 2.66. The Balaban J connectivity index is 1.59. The van der Waals surface area contributed by atoms with Crippen molar-refractivity contribution in [1.82, 2.24) is 14.9 Å². The summed E-state index contributed by atoms with van der Waals surface area (Å²) < 4.78 is 6.93. The summed E-state index contributed by atoms with van der Waals surface area (Å²) in [5.74, 6) is 1.21. The molecule has 25 heavy (non-hydrogen) atoms. The lowest BCUT2D eigenvalue weighted by Gasteiger charge is -2.24. The first-order chi connectivity index (χ1) is 12.1. The summed E-state index contributed by atoms with van der Waals surface area (Å²) in [7, 11) is 1.64. The first-order valence-corrected chi connectivity index (χ1v) is 9.17. The maximum absolute atomic E-state index is 12.5. The van der Waals surface area contributed by atoms with Crippen molar-refractivity contribution in [2.75, 3.05) is 19.4 Å². The molecule has 0 fully saturated rings. The van der Waals surface area contributed by atoms with Gasteiger partial charge in [-0.1, -0.05) is 30.0 Å². The van der Waals surface area contributed by atoms with Gasteiger partial charge in [0.05, 0.1) is 13.0 Å². The summed E-state index contributed by atoms with van der Waals surface area (Å²) >= 11 is 1.45. The molecule has 1 atom stereocenters. The first-order valence-electron chi connectivity index (χ1n) is 8.19. The SMILES string of the molecule is COc1ccccc1CCNC(=O)C1CSc2ncc(C)c(=O)n2C1. The standard InChI is InChI=1S/C18H21N3O3S/c1-12-9-20-18-21(17(12)23)10-14(11-25-18)16(22)19-8-7-13-5-3-4-6-15(13)24-2/h3-6,9,14H,7-8,10-11H2,1-2H3,(H,19,22). The molecule has 2 aromatic rings. The zero-order chi connectivity index (χ0) is 17.8. The molecule has 1 aromatic heterocycles. The zero-order valence-electron chi connectivity index (χ0n) is 14.3. The van der Waals surface area contributed by atoms with Crippen LogP contribution in [-0.2, 0) is 17.8 Å². The molecule has 0 aliphatic carbocycles. The average Bonchev–Trinajstić information content (AvgIpc) is 2.65. The van der Waals surface area contributed by atoms with E-state index in [2.05, 4.69) is 10.3 Å². The zero-order valence-corrected chi connectivity index (χ0v) is 15.1. The Labute approximate surface area is 150 Å². The number of nitrogens with one attached hydrogen (secondary N) is 1. The summed E-state index contributed by atoms with van der Waals surface area (Å²) in [5.41, 5.74) is 1.59. The molecule has 0 spiro atoms. The van der Waals surface area contributed by atoms with E-state index in [1.54, 1.807) is 24.8 Å².